The first kappa shape index (κ1) is 16.4. The third-order valence-corrected chi connectivity index (χ3v) is 6.37. The van der Waals surface area contributed by atoms with Crippen LogP contribution in [0.25, 0.3) is 0 Å². The fraction of sp³-hybridized carbons (Fsp3) is 0.435. The minimum absolute atomic E-state index is 0.00418. The largest absolute Gasteiger partial charge is 0.497 e. The van der Waals surface area contributed by atoms with Crippen molar-refractivity contribution < 1.29 is 4.74 Å². The second-order valence-corrected chi connectivity index (χ2v) is 7.96. The van der Waals surface area contributed by atoms with Crippen LogP contribution in [0.15, 0.2) is 53.5 Å². The molecular formula is C23H27NO. The van der Waals surface area contributed by atoms with Gasteiger partial charge in [-0.1, -0.05) is 63.4 Å². The Morgan fingerprint density at radius 2 is 1.64 bits per heavy atom. The molecule has 0 atom stereocenters. The maximum Gasteiger partial charge on any atom is 0.119 e. The Kier molecular flexibility index (Phi) is 3.94. The Morgan fingerprint density at radius 1 is 0.920 bits per heavy atom. The minimum atomic E-state index is -0.00418. The van der Waals surface area contributed by atoms with Gasteiger partial charge in [0.2, 0.25) is 0 Å². The lowest BCUT2D eigenvalue weighted by Gasteiger charge is -2.50. The van der Waals surface area contributed by atoms with Crippen LogP contribution in [-0.2, 0) is 5.41 Å². The van der Waals surface area contributed by atoms with E-state index in [1.54, 1.807) is 7.11 Å². The molecule has 130 valence electrons. The van der Waals surface area contributed by atoms with Gasteiger partial charge in [-0.3, -0.25) is 4.99 Å². The molecule has 2 aromatic carbocycles. The maximum atomic E-state index is 5.55. The number of ether oxygens (including phenoxy) is 1. The lowest BCUT2D eigenvalue weighted by molar-refractivity contribution is 0.183. The topological polar surface area (TPSA) is 21.6 Å². The van der Waals surface area contributed by atoms with Crippen LogP contribution >= 0.6 is 0 Å². The van der Waals surface area contributed by atoms with Gasteiger partial charge >= 0.3 is 0 Å². The summed E-state index contributed by atoms with van der Waals surface area (Å²) in [5.74, 6) is 0.937. The zero-order valence-corrected chi connectivity index (χ0v) is 15.5. The number of hydrogen-bond acceptors (Lipinski definition) is 2. The predicted molar refractivity (Wildman–Crippen MR) is 104 cm³/mol. The Morgan fingerprint density at radius 3 is 2.32 bits per heavy atom. The first-order chi connectivity index (χ1) is 12.1. The summed E-state index contributed by atoms with van der Waals surface area (Å²) in [7, 11) is 1.75. The zero-order valence-electron chi connectivity index (χ0n) is 15.5. The van der Waals surface area contributed by atoms with Gasteiger partial charge in [0.15, 0.2) is 0 Å². The molecule has 0 bridgehead atoms. The molecule has 0 N–H and O–H groups in total. The summed E-state index contributed by atoms with van der Waals surface area (Å²) in [5.41, 5.74) is 5.01. The highest BCUT2D eigenvalue weighted by Crippen LogP contribution is 2.51. The standard InChI is InChI=1S/C23H27NO/c1-22(2)20-16-18(25-3)12-13-19(20)21(17-10-6-4-7-11-17)24-23(22)14-8-5-9-15-23/h4,6-7,10-13,16H,5,8-9,14-15H2,1-3H3. The van der Waals surface area contributed by atoms with Crippen LogP contribution in [0.4, 0.5) is 0 Å². The highest BCUT2D eigenvalue weighted by molar-refractivity contribution is 6.15. The van der Waals surface area contributed by atoms with E-state index in [4.69, 9.17) is 9.73 Å². The van der Waals surface area contributed by atoms with E-state index in [1.807, 2.05) is 0 Å². The van der Waals surface area contributed by atoms with Gasteiger partial charge < -0.3 is 4.74 Å². The minimum Gasteiger partial charge on any atom is -0.497 e. The van der Waals surface area contributed by atoms with Crippen LogP contribution in [0.2, 0.25) is 0 Å². The van der Waals surface area contributed by atoms with Gasteiger partial charge in [-0.25, -0.2) is 0 Å². The number of rotatable bonds is 2. The van der Waals surface area contributed by atoms with Gasteiger partial charge in [-0.2, -0.15) is 0 Å². The highest BCUT2D eigenvalue weighted by Gasteiger charge is 2.50. The van der Waals surface area contributed by atoms with Crippen LogP contribution in [-0.4, -0.2) is 18.4 Å². The number of fused-ring (bicyclic) bond motifs is 1. The van der Waals surface area contributed by atoms with E-state index < -0.39 is 0 Å². The van der Waals surface area contributed by atoms with Gasteiger partial charge in [0.05, 0.1) is 18.4 Å². The molecule has 1 spiro atoms. The number of benzene rings is 2. The van der Waals surface area contributed by atoms with Crippen molar-refractivity contribution in [3.8, 4) is 5.75 Å². The molecule has 0 unspecified atom stereocenters. The summed E-state index contributed by atoms with van der Waals surface area (Å²) in [4.78, 5) is 5.47. The molecule has 1 heterocycles. The third-order valence-electron chi connectivity index (χ3n) is 6.37. The van der Waals surface area contributed by atoms with Crippen molar-refractivity contribution in [3.63, 3.8) is 0 Å². The van der Waals surface area contributed by atoms with Crippen molar-refractivity contribution in [2.45, 2.75) is 56.9 Å². The second-order valence-electron chi connectivity index (χ2n) is 7.96. The summed E-state index contributed by atoms with van der Waals surface area (Å²) in [6.45, 7) is 4.75. The van der Waals surface area contributed by atoms with Crippen LogP contribution in [0.5, 0.6) is 5.75 Å². The molecule has 0 radical (unpaired) electrons. The fourth-order valence-corrected chi connectivity index (χ4v) is 4.73. The van der Waals surface area contributed by atoms with Gasteiger partial charge in [-0.15, -0.1) is 0 Å². The molecule has 0 amide bonds. The first-order valence-corrected chi connectivity index (χ1v) is 9.42. The van der Waals surface area contributed by atoms with Crippen molar-refractivity contribution in [1.29, 1.82) is 0 Å². The molecule has 1 aliphatic heterocycles. The summed E-state index contributed by atoms with van der Waals surface area (Å²) < 4.78 is 5.55. The normalized spacial score (nSPS) is 20.7. The van der Waals surface area contributed by atoms with E-state index in [9.17, 15) is 0 Å². The van der Waals surface area contributed by atoms with Crippen LogP contribution in [0.3, 0.4) is 0 Å². The number of methoxy groups -OCH3 is 1. The Balaban J connectivity index is 1.97. The monoisotopic (exact) mass is 333 g/mol. The predicted octanol–water partition coefficient (Wildman–Crippen LogP) is 5.53. The molecule has 2 nitrogen and oxygen atoms in total. The smallest absolute Gasteiger partial charge is 0.119 e. The van der Waals surface area contributed by atoms with Gasteiger partial charge in [0.25, 0.3) is 0 Å². The van der Waals surface area contributed by atoms with Crippen molar-refractivity contribution in [2.75, 3.05) is 7.11 Å². The molecule has 0 saturated heterocycles. The Labute approximate surface area is 151 Å². The fourth-order valence-electron chi connectivity index (χ4n) is 4.73. The number of aliphatic imine (C=N–C) groups is 1. The van der Waals surface area contributed by atoms with E-state index in [0.29, 0.717) is 0 Å². The lowest BCUT2D eigenvalue weighted by atomic mass is 9.59. The van der Waals surface area contributed by atoms with E-state index in [0.717, 1.165) is 11.5 Å². The average Bonchev–Trinajstić information content (AvgIpc) is 2.66. The molecule has 2 aromatic rings. The molecule has 1 saturated carbocycles. The van der Waals surface area contributed by atoms with Crippen molar-refractivity contribution in [1.82, 2.24) is 0 Å². The quantitative estimate of drug-likeness (QED) is 0.708. The van der Waals surface area contributed by atoms with Crippen molar-refractivity contribution in [3.05, 3.63) is 65.2 Å². The van der Waals surface area contributed by atoms with Crippen LogP contribution in [0, 0.1) is 0 Å². The van der Waals surface area contributed by atoms with Gasteiger partial charge in [0.1, 0.15) is 5.75 Å². The zero-order chi connectivity index (χ0) is 17.5. The maximum absolute atomic E-state index is 5.55. The Hall–Kier alpha value is -2.09. The van der Waals surface area contributed by atoms with Crippen molar-refractivity contribution in [2.24, 2.45) is 4.99 Å². The average molecular weight is 333 g/mol. The summed E-state index contributed by atoms with van der Waals surface area (Å²) in [6.07, 6.45) is 6.22. The molecule has 1 fully saturated rings. The Bertz CT molecular complexity index is 798. The SMILES string of the molecule is COc1ccc2c(c1)C(C)(C)C1(CCCCC1)N=C2c1ccccc1. The molecule has 0 aromatic heterocycles. The first-order valence-electron chi connectivity index (χ1n) is 9.42. The van der Waals surface area contributed by atoms with E-state index in [-0.39, 0.29) is 11.0 Å². The molecule has 1 aliphatic carbocycles. The van der Waals surface area contributed by atoms with Gasteiger partial charge in [0, 0.05) is 16.5 Å². The molecule has 4 rings (SSSR count). The molecular weight excluding hydrogens is 306 g/mol. The van der Waals surface area contributed by atoms with Crippen LogP contribution in [0.1, 0.15) is 62.6 Å². The molecule has 25 heavy (non-hydrogen) atoms. The van der Waals surface area contributed by atoms with E-state index in [2.05, 4.69) is 62.4 Å². The summed E-state index contributed by atoms with van der Waals surface area (Å²) in [6, 6.07) is 17.1. The summed E-state index contributed by atoms with van der Waals surface area (Å²) in [5, 5.41) is 0. The molecule has 2 heteroatoms. The van der Waals surface area contributed by atoms with E-state index in [1.165, 1.54) is 48.8 Å². The lowest BCUT2D eigenvalue weighted by Crippen LogP contribution is -2.51. The van der Waals surface area contributed by atoms with Crippen LogP contribution < -0.4 is 4.74 Å². The number of nitrogens with zero attached hydrogens (tertiary/aromatic N) is 1. The second kappa shape index (κ2) is 6.01. The molecule has 2 aliphatic rings. The summed E-state index contributed by atoms with van der Waals surface area (Å²) >= 11 is 0. The highest BCUT2D eigenvalue weighted by atomic mass is 16.5. The van der Waals surface area contributed by atoms with Gasteiger partial charge in [-0.05, 0) is 36.6 Å². The number of hydrogen-bond donors (Lipinski definition) is 0. The third kappa shape index (κ3) is 2.50. The van der Waals surface area contributed by atoms with E-state index >= 15 is 0 Å². The van der Waals surface area contributed by atoms with Crippen molar-refractivity contribution >= 4 is 5.71 Å².